The maximum absolute atomic E-state index is 13.6. The average Bonchev–Trinajstić information content (AvgIpc) is 3.72. The summed E-state index contributed by atoms with van der Waals surface area (Å²) < 4.78 is 43.6. The number of nitrogens with one attached hydrogen (secondary N) is 2. The fourth-order valence-corrected chi connectivity index (χ4v) is 8.44. The number of nitrogens with zero attached hydrogens (tertiary/aromatic N) is 2. The van der Waals surface area contributed by atoms with Crippen LogP contribution >= 0.6 is 23.1 Å². The summed E-state index contributed by atoms with van der Waals surface area (Å²) in [7, 11) is -4.18. The van der Waals surface area contributed by atoms with E-state index < -0.39 is 27.2 Å². The van der Waals surface area contributed by atoms with Crippen LogP contribution in [0.3, 0.4) is 0 Å². The second kappa shape index (κ2) is 15.8. The molecule has 0 saturated carbocycles. The number of benzene rings is 3. The number of thioether (sulfide) groups is 1. The smallest absolute Gasteiger partial charge is 0.328 e. The summed E-state index contributed by atoms with van der Waals surface area (Å²) in [6, 6.07) is 25.7. The van der Waals surface area contributed by atoms with Crippen molar-refractivity contribution >= 4 is 56.1 Å². The fraction of sp³-hybridized carbons (Fsp3) is 0.206. The lowest BCUT2D eigenvalue weighted by atomic mass is 10.0. The standard InChI is InChI=1S/C34H34N4O5S4/c1-3-10-31-36-33(44-2)32(29(39)23-46(41)27-12-5-4-6-13-27)38(31)22-24-16-18-25(19-17-24)28-14-7-8-15-30(28)47(42,43)37-34(40)35-21-26-11-9-20-45-26/h4-9,11-20H,3,10,21-23H2,1-2H3,(H2,35,37,40). The number of carbonyl (C=O) groups is 2. The molecule has 9 nitrogen and oxygen atoms in total. The molecule has 0 fully saturated rings. The van der Waals surface area contributed by atoms with Gasteiger partial charge >= 0.3 is 6.03 Å². The summed E-state index contributed by atoms with van der Waals surface area (Å²) >= 11 is 1.35. The number of rotatable bonds is 14. The maximum Gasteiger partial charge on any atom is 0.328 e. The Bertz CT molecular complexity index is 1930. The highest BCUT2D eigenvalue weighted by atomic mass is 32.2. The number of hydrogen-bond acceptors (Lipinski definition) is 8. The van der Waals surface area contributed by atoms with E-state index in [1.807, 2.05) is 65.6 Å². The molecule has 0 spiro atoms. The third-order valence-corrected chi connectivity index (χ3v) is 11.5. The molecular formula is C34H34N4O5S4. The first-order valence-electron chi connectivity index (χ1n) is 14.8. The summed E-state index contributed by atoms with van der Waals surface area (Å²) in [6.45, 7) is 2.62. The molecule has 3 aromatic carbocycles. The van der Waals surface area contributed by atoms with Gasteiger partial charge in [0.1, 0.15) is 16.5 Å². The number of aromatic nitrogens is 2. The van der Waals surface area contributed by atoms with Crippen molar-refractivity contribution in [2.24, 2.45) is 0 Å². The molecule has 2 N–H and O–H groups in total. The van der Waals surface area contributed by atoms with Crippen LogP contribution in [-0.2, 0) is 40.7 Å². The zero-order valence-corrected chi connectivity index (χ0v) is 29.1. The molecule has 2 heterocycles. The van der Waals surface area contributed by atoms with E-state index in [-0.39, 0.29) is 23.0 Å². The zero-order chi connectivity index (χ0) is 33.4. The zero-order valence-electron chi connectivity index (χ0n) is 25.8. The molecule has 47 heavy (non-hydrogen) atoms. The first-order valence-corrected chi connectivity index (χ1v) is 19.7. The Labute approximate surface area is 286 Å². The molecule has 2 amide bonds. The molecule has 1 atom stereocenters. The number of Topliss-reactive ketones (excluding diaryl/α,β-unsaturated/α-hetero) is 1. The number of carbonyl (C=O) groups excluding carboxylic acids is 2. The minimum absolute atomic E-state index is 0.0252. The van der Waals surface area contributed by atoms with Crippen molar-refractivity contribution in [2.75, 3.05) is 12.0 Å². The molecule has 0 saturated heterocycles. The van der Waals surface area contributed by atoms with E-state index >= 15 is 0 Å². The summed E-state index contributed by atoms with van der Waals surface area (Å²) in [6.07, 6.45) is 3.37. The molecule has 0 aliphatic carbocycles. The van der Waals surface area contributed by atoms with Crippen molar-refractivity contribution in [1.82, 2.24) is 19.6 Å². The first kappa shape index (κ1) is 34.5. The molecule has 2 aromatic heterocycles. The topological polar surface area (TPSA) is 133 Å². The minimum Gasteiger partial charge on any atom is -0.611 e. The highest BCUT2D eigenvalue weighted by Gasteiger charge is 2.27. The van der Waals surface area contributed by atoms with Crippen molar-refractivity contribution in [1.29, 1.82) is 0 Å². The van der Waals surface area contributed by atoms with Crippen LogP contribution in [0.15, 0.2) is 111 Å². The molecule has 0 aliphatic heterocycles. The molecule has 5 rings (SSSR count). The highest BCUT2D eigenvalue weighted by Crippen LogP contribution is 2.29. The van der Waals surface area contributed by atoms with Gasteiger partial charge in [0.15, 0.2) is 10.6 Å². The normalized spacial score (nSPS) is 12.1. The van der Waals surface area contributed by atoms with Gasteiger partial charge in [-0.05, 0) is 64.6 Å². The molecule has 5 aromatic rings. The van der Waals surface area contributed by atoms with E-state index in [0.29, 0.717) is 39.7 Å². The van der Waals surface area contributed by atoms with Gasteiger partial charge in [-0.15, -0.1) is 23.1 Å². The lowest BCUT2D eigenvalue weighted by Crippen LogP contribution is -2.39. The van der Waals surface area contributed by atoms with Gasteiger partial charge in [-0.25, -0.2) is 22.9 Å². The van der Waals surface area contributed by atoms with Crippen LogP contribution in [0, 0.1) is 0 Å². The lowest BCUT2D eigenvalue weighted by molar-refractivity contribution is 0.100. The quantitative estimate of drug-likeness (QED) is 0.0764. The van der Waals surface area contributed by atoms with Crippen LogP contribution in [0.2, 0.25) is 0 Å². The lowest BCUT2D eigenvalue weighted by Gasteiger charge is -2.15. The number of amides is 2. The Morgan fingerprint density at radius 1 is 0.979 bits per heavy atom. The predicted octanol–water partition coefficient (Wildman–Crippen LogP) is 6.51. The number of aryl methyl sites for hydroxylation is 1. The molecule has 1 unspecified atom stereocenters. The van der Waals surface area contributed by atoms with Crippen LogP contribution in [0.25, 0.3) is 11.1 Å². The third-order valence-electron chi connectivity index (χ3n) is 7.23. The van der Waals surface area contributed by atoms with Crippen LogP contribution in [0.1, 0.15) is 40.1 Å². The maximum atomic E-state index is 13.6. The van der Waals surface area contributed by atoms with Crippen LogP contribution in [0.4, 0.5) is 4.79 Å². The second-order valence-corrected chi connectivity index (χ2v) is 15.4. The van der Waals surface area contributed by atoms with Gasteiger partial charge in [0.25, 0.3) is 10.0 Å². The van der Waals surface area contributed by atoms with Gasteiger partial charge in [-0.1, -0.05) is 73.7 Å². The van der Waals surface area contributed by atoms with E-state index in [9.17, 15) is 22.6 Å². The number of sulfonamides is 1. The van der Waals surface area contributed by atoms with Gasteiger partial charge in [0.2, 0.25) is 5.78 Å². The highest BCUT2D eigenvalue weighted by molar-refractivity contribution is 7.98. The number of thiophene rings is 1. The Morgan fingerprint density at radius 2 is 1.70 bits per heavy atom. The Balaban J connectivity index is 1.37. The van der Waals surface area contributed by atoms with Crippen molar-refractivity contribution in [3.63, 3.8) is 0 Å². The summed E-state index contributed by atoms with van der Waals surface area (Å²) in [5, 5.41) is 5.06. The second-order valence-electron chi connectivity index (χ2n) is 10.5. The van der Waals surface area contributed by atoms with Crippen molar-refractivity contribution < 1.29 is 22.6 Å². The summed E-state index contributed by atoms with van der Waals surface area (Å²) in [4.78, 5) is 32.3. The first-order chi connectivity index (χ1) is 22.7. The third kappa shape index (κ3) is 8.54. The van der Waals surface area contributed by atoms with E-state index in [1.165, 1.54) is 29.2 Å². The Kier molecular flexibility index (Phi) is 11.6. The van der Waals surface area contributed by atoms with E-state index in [0.717, 1.165) is 22.7 Å². The van der Waals surface area contributed by atoms with Gasteiger partial charge in [-0.3, -0.25) is 4.79 Å². The molecule has 0 bridgehead atoms. The van der Waals surface area contributed by atoms with Gasteiger partial charge in [0, 0.05) is 23.4 Å². The average molecular weight is 707 g/mol. The predicted molar refractivity (Wildman–Crippen MR) is 188 cm³/mol. The van der Waals surface area contributed by atoms with Gasteiger partial charge in [-0.2, -0.15) is 0 Å². The molecule has 0 aliphatic rings. The molecule has 13 heteroatoms. The van der Waals surface area contributed by atoms with Crippen LogP contribution < -0.4 is 10.0 Å². The summed E-state index contributed by atoms with van der Waals surface area (Å²) in [5.74, 6) is 0.378. The number of imidazole rings is 1. The minimum atomic E-state index is -4.18. The Morgan fingerprint density at radius 3 is 2.38 bits per heavy atom. The summed E-state index contributed by atoms with van der Waals surface area (Å²) in [5.41, 5.74) is 2.40. The SMILES string of the molecule is CCCc1nc(SC)c(C(=O)C[S+]([O-])c2ccccc2)n1Cc1ccc(-c2ccccc2S(=O)(=O)NC(=O)NCc2cccs2)cc1. The van der Waals surface area contributed by atoms with Gasteiger partial charge in [0.05, 0.1) is 11.4 Å². The van der Waals surface area contributed by atoms with Gasteiger partial charge < -0.3 is 14.4 Å². The van der Waals surface area contributed by atoms with Crippen molar-refractivity contribution in [2.45, 2.75) is 47.7 Å². The van der Waals surface area contributed by atoms with Crippen LogP contribution in [-0.4, -0.2) is 46.3 Å². The monoisotopic (exact) mass is 706 g/mol. The number of urea groups is 1. The van der Waals surface area contributed by atoms with E-state index in [2.05, 4.69) is 10.0 Å². The number of hydrogen-bond donors (Lipinski definition) is 2. The fourth-order valence-electron chi connectivity index (χ4n) is 5.02. The van der Waals surface area contributed by atoms with Crippen LogP contribution in [0.5, 0.6) is 0 Å². The largest absolute Gasteiger partial charge is 0.611 e. The van der Waals surface area contributed by atoms with Crippen molar-refractivity contribution in [3.05, 3.63) is 118 Å². The van der Waals surface area contributed by atoms with Crippen molar-refractivity contribution in [3.8, 4) is 11.1 Å². The Hall–Kier alpha value is -3.88. The molecule has 244 valence electrons. The number of ketones is 1. The molecular weight excluding hydrogens is 673 g/mol. The van der Waals surface area contributed by atoms with E-state index in [1.54, 1.807) is 42.5 Å². The molecule has 0 radical (unpaired) electrons. The van der Waals surface area contributed by atoms with E-state index in [4.69, 9.17) is 4.98 Å².